The van der Waals surface area contributed by atoms with Gasteiger partial charge in [-0.1, -0.05) is 37.3 Å². The molecule has 0 saturated heterocycles. The molecule has 0 fully saturated rings. The molecule has 5 nitrogen and oxygen atoms in total. The monoisotopic (exact) mass is 285 g/mol. The number of nitrogens with zero attached hydrogens (tertiary/aromatic N) is 5. The Morgan fingerprint density at radius 3 is 2.85 bits per heavy atom. The minimum atomic E-state index is 0.569. The van der Waals surface area contributed by atoms with Crippen molar-refractivity contribution in [3.63, 3.8) is 0 Å². The van der Waals surface area contributed by atoms with Crippen LogP contribution in [0.25, 0.3) is 11.4 Å². The molecule has 3 aromatic rings. The zero-order chi connectivity index (χ0) is 13.8. The van der Waals surface area contributed by atoms with E-state index in [1.165, 1.54) is 5.01 Å². The van der Waals surface area contributed by atoms with Gasteiger partial charge in [-0.3, -0.25) is 0 Å². The highest BCUT2D eigenvalue weighted by atomic mass is 32.1. The van der Waals surface area contributed by atoms with Crippen molar-refractivity contribution in [2.45, 2.75) is 26.3 Å². The molecule has 0 radical (unpaired) electrons. The SMILES string of the molecule is CCCc1nc(Cn2nnc(-c3ccccc3)n2)cs1. The lowest BCUT2D eigenvalue weighted by atomic mass is 10.2. The Labute approximate surface area is 121 Å². The predicted molar refractivity (Wildman–Crippen MR) is 78.5 cm³/mol. The second kappa shape index (κ2) is 5.92. The lowest BCUT2D eigenvalue weighted by Crippen LogP contribution is -2.04. The summed E-state index contributed by atoms with van der Waals surface area (Å²) in [7, 11) is 0. The summed E-state index contributed by atoms with van der Waals surface area (Å²) in [5.74, 6) is 0.648. The molecule has 0 aliphatic carbocycles. The van der Waals surface area contributed by atoms with Crippen molar-refractivity contribution >= 4 is 11.3 Å². The molecule has 1 aromatic carbocycles. The van der Waals surface area contributed by atoms with E-state index in [1.807, 2.05) is 30.3 Å². The molecular weight excluding hydrogens is 270 g/mol. The number of thiazole rings is 1. The van der Waals surface area contributed by atoms with Crippen molar-refractivity contribution in [1.29, 1.82) is 0 Å². The molecule has 0 aliphatic heterocycles. The summed E-state index contributed by atoms with van der Waals surface area (Å²) in [6.07, 6.45) is 2.15. The summed E-state index contributed by atoms with van der Waals surface area (Å²) >= 11 is 1.70. The van der Waals surface area contributed by atoms with E-state index in [4.69, 9.17) is 0 Å². The Morgan fingerprint density at radius 1 is 1.20 bits per heavy atom. The van der Waals surface area contributed by atoms with Gasteiger partial charge in [0.1, 0.15) is 6.54 Å². The molecule has 0 bridgehead atoms. The van der Waals surface area contributed by atoms with Crippen molar-refractivity contribution < 1.29 is 0 Å². The first-order valence-corrected chi connectivity index (χ1v) is 7.49. The maximum absolute atomic E-state index is 4.57. The summed E-state index contributed by atoms with van der Waals surface area (Å²) in [5, 5.41) is 15.8. The number of tetrazole rings is 1. The zero-order valence-corrected chi connectivity index (χ0v) is 12.0. The average molecular weight is 285 g/mol. The minimum absolute atomic E-state index is 0.569. The molecule has 2 aromatic heterocycles. The fourth-order valence-electron chi connectivity index (χ4n) is 1.91. The summed E-state index contributed by atoms with van der Waals surface area (Å²) in [5.41, 5.74) is 1.97. The standard InChI is InChI=1S/C14H15N5S/c1-2-6-13-15-12(10-20-13)9-19-17-14(16-18-19)11-7-4-3-5-8-11/h3-5,7-8,10H,2,6,9H2,1H3. The van der Waals surface area contributed by atoms with Gasteiger partial charge in [0.15, 0.2) is 0 Å². The van der Waals surface area contributed by atoms with Gasteiger partial charge in [0, 0.05) is 10.9 Å². The number of aryl methyl sites for hydroxylation is 1. The van der Waals surface area contributed by atoms with E-state index >= 15 is 0 Å². The molecule has 0 aliphatic rings. The molecule has 0 spiro atoms. The average Bonchev–Trinajstić information content (AvgIpc) is 3.11. The van der Waals surface area contributed by atoms with Gasteiger partial charge in [-0.25, -0.2) is 4.98 Å². The van der Waals surface area contributed by atoms with Gasteiger partial charge in [0.05, 0.1) is 10.7 Å². The molecule has 0 N–H and O–H groups in total. The first-order valence-electron chi connectivity index (χ1n) is 6.61. The van der Waals surface area contributed by atoms with Gasteiger partial charge >= 0.3 is 0 Å². The summed E-state index contributed by atoms with van der Waals surface area (Å²) in [6, 6.07) is 9.85. The summed E-state index contributed by atoms with van der Waals surface area (Å²) in [6.45, 7) is 2.73. The summed E-state index contributed by atoms with van der Waals surface area (Å²) in [4.78, 5) is 6.16. The quantitative estimate of drug-likeness (QED) is 0.723. The minimum Gasteiger partial charge on any atom is -0.244 e. The molecule has 0 saturated carbocycles. The lowest BCUT2D eigenvalue weighted by Gasteiger charge is -1.94. The molecular formula is C14H15N5S. The molecule has 6 heteroatoms. The van der Waals surface area contributed by atoms with E-state index < -0.39 is 0 Å². The van der Waals surface area contributed by atoms with E-state index in [2.05, 4.69) is 32.7 Å². The fourth-order valence-corrected chi connectivity index (χ4v) is 2.80. The van der Waals surface area contributed by atoms with Gasteiger partial charge in [-0.2, -0.15) is 4.80 Å². The van der Waals surface area contributed by atoms with E-state index in [-0.39, 0.29) is 0 Å². The maximum atomic E-state index is 4.57. The van der Waals surface area contributed by atoms with Gasteiger partial charge in [-0.05, 0) is 18.1 Å². The number of rotatable bonds is 5. The van der Waals surface area contributed by atoms with Gasteiger partial charge in [0.25, 0.3) is 0 Å². The van der Waals surface area contributed by atoms with E-state index in [0.717, 1.165) is 24.1 Å². The molecule has 3 rings (SSSR count). The van der Waals surface area contributed by atoms with Crippen LogP contribution < -0.4 is 0 Å². The Balaban J connectivity index is 1.73. The van der Waals surface area contributed by atoms with Gasteiger partial charge in [-0.15, -0.1) is 21.5 Å². The normalized spacial score (nSPS) is 10.8. The molecule has 0 unspecified atom stereocenters. The Kier molecular flexibility index (Phi) is 3.83. The Hall–Kier alpha value is -2.08. The van der Waals surface area contributed by atoms with Crippen LogP contribution in [0.2, 0.25) is 0 Å². The highest BCUT2D eigenvalue weighted by Gasteiger charge is 2.07. The van der Waals surface area contributed by atoms with E-state index in [9.17, 15) is 0 Å². The largest absolute Gasteiger partial charge is 0.244 e. The third-order valence-electron chi connectivity index (χ3n) is 2.85. The van der Waals surface area contributed by atoms with Crippen LogP contribution in [0.5, 0.6) is 0 Å². The third kappa shape index (κ3) is 2.91. The van der Waals surface area contributed by atoms with E-state index in [1.54, 1.807) is 16.1 Å². The van der Waals surface area contributed by atoms with Crippen molar-refractivity contribution in [2.75, 3.05) is 0 Å². The Bertz CT molecular complexity index is 674. The van der Waals surface area contributed by atoms with Gasteiger partial charge < -0.3 is 0 Å². The second-order valence-electron chi connectivity index (χ2n) is 4.49. The van der Waals surface area contributed by atoms with Crippen molar-refractivity contribution in [1.82, 2.24) is 25.2 Å². The van der Waals surface area contributed by atoms with Crippen molar-refractivity contribution in [3.05, 3.63) is 46.4 Å². The van der Waals surface area contributed by atoms with Gasteiger partial charge in [0.2, 0.25) is 5.82 Å². The number of benzene rings is 1. The number of hydrogen-bond donors (Lipinski definition) is 0. The fraction of sp³-hybridized carbons (Fsp3) is 0.286. The smallest absolute Gasteiger partial charge is 0.204 e. The van der Waals surface area contributed by atoms with Crippen LogP contribution >= 0.6 is 11.3 Å². The maximum Gasteiger partial charge on any atom is 0.204 e. The van der Waals surface area contributed by atoms with Crippen LogP contribution in [0, 0.1) is 0 Å². The topological polar surface area (TPSA) is 56.5 Å². The first-order chi connectivity index (χ1) is 9.85. The van der Waals surface area contributed by atoms with Crippen LogP contribution in [-0.2, 0) is 13.0 Å². The van der Waals surface area contributed by atoms with Crippen LogP contribution in [0.4, 0.5) is 0 Å². The molecule has 0 atom stereocenters. The zero-order valence-electron chi connectivity index (χ0n) is 11.2. The Morgan fingerprint density at radius 2 is 2.05 bits per heavy atom. The third-order valence-corrected chi connectivity index (χ3v) is 3.81. The highest BCUT2D eigenvalue weighted by Crippen LogP contribution is 2.14. The second-order valence-corrected chi connectivity index (χ2v) is 5.43. The van der Waals surface area contributed by atoms with E-state index in [0.29, 0.717) is 12.4 Å². The van der Waals surface area contributed by atoms with Crippen molar-refractivity contribution in [3.8, 4) is 11.4 Å². The molecule has 20 heavy (non-hydrogen) atoms. The lowest BCUT2D eigenvalue weighted by molar-refractivity contribution is 0.565. The number of hydrogen-bond acceptors (Lipinski definition) is 5. The highest BCUT2D eigenvalue weighted by molar-refractivity contribution is 7.09. The molecule has 102 valence electrons. The predicted octanol–water partition coefficient (Wildman–Crippen LogP) is 2.80. The van der Waals surface area contributed by atoms with Crippen LogP contribution in [0.1, 0.15) is 24.0 Å². The molecule has 2 heterocycles. The number of aromatic nitrogens is 5. The van der Waals surface area contributed by atoms with Crippen molar-refractivity contribution in [2.24, 2.45) is 0 Å². The molecule has 0 amide bonds. The van der Waals surface area contributed by atoms with Crippen LogP contribution in [0.15, 0.2) is 35.7 Å². The van der Waals surface area contributed by atoms with Crippen LogP contribution in [0.3, 0.4) is 0 Å². The summed E-state index contributed by atoms with van der Waals surface area (Å²) < 4.78 is 0. The first kappa shape index (κ1) is 12.9. The van der Waals surface area contributed by atoms with Crippen LogP contribution in [-0.4, -0.2) is 25.2 Å².